The number of esters is 1. The summed E-state index contributed by atoms with van der Waals surface area (Å²) >= 11 is 0. The fourth-order valence-corrected chi connectivity index (χ4v) is 1.99. The number of piperidine rings is 1. The summed E-state index contributed by atoms with van der Waals surface area (Å²) in [4.78, 5) is 34.2. The standard InChI is InChI=1S/C12H19N2O5/c1-9(15)18-8-19-12(17)14-6-4-10(5-7-14)2-3-11(13)16/h10,13H,2-8H2,1H3. The molecule has 0 bridgehead atoms. The van der Waals surface area contributed by atoms with Crippen molar-refractivity contribution in [1.29, 1.82) is 0 Å². The Balaban J connectivity index is 2.19. The van der Waals surface area contributed by atoms with Crippen molar-refractivity contribution in [2.24, 2.45) is 5.92 Å². The number of amides is 2. The summed E-state index contributed by atoms with van der Waals surface area (Å²) in [6, 6.07) is 0. The van der Waals surface area contributed by atoms with Crippen molar-refractivity contribution < 1.29 is 23.9 Å². The van der Waals surface area contributed by atoms with E-state index in [2.05, 4.69) is 4.74 Å². The highest BCUT2D eigenvalue weighted by Gasteiger charge is 2.24. The Morgan fingerprint density at radius 2 is 1.84 bits per heavy atom. The predicted octanol–water partition coefficient (Wildman–Crippen LogP) is 0.945. The quantitative estimate of drug-likeness (QED) is 0.547. The van der Waals surface area contributed by atoms with Gasteiger partial charge in [-0.3, -0.25) is 15.3 Å². The number of ether oxygens (including phenoxy) is 2. The Hall–Kier alpha value is -1.79. The summed E-state index contributed by atoms with van der Waals surface area (Å²) in [6.45, 7) is 2.01. The van der Waals surface area contributed by atoms with Gasteiger partial charge in [0.05, 0.1) is 0 Å². The minimum Gasteiger partial charge on any atom is -0.428 e. The lowest BCUT2D eigenvalue weighted by molar-refractivity contribution is -0.149. The number of likely N-dealkylation sites (tertiary alicyclic amines) is 1. The molecule has 0 saturated carbocycles. The molecular formula is C12H19N2O5. The maximum atomic E-state index is 11.6. The molecule has 1 radical (unpaired) electrons. The molecule has 1 aliphatic rings. The zero-order chi connectivity index (χ0) is 14.3. The fraction of sp³-hybridized carbons (Fsp3) is 0.750. The molecule has 0 aromatic rings. The van der Waals surface area contributed by atoms with Gasteiger partial charge in [0.25, 0.3) is 0 Å². The van der Waals surface area contributed by atoms with Crippen LogP contribution in [-0.4, -0.2) is 42.8 Å². The summed E-state index contributed by atoms with van der Waals surface area (Å²) in [7, 11) is 0. The molecule has 7 heteroatoms. The molecule has 7 nitrogen and oxygen atoms in total. The minimum absolute atomic E-state index is 0.279. The van der Waals surface area contributed by atoms with Gasteiger partial charge in [-0.05, 0) is 25.2 Å². The van der Waals surface area contributed by atoms with Crippen molar-refractivity contribution in [2.45, 2.75) is 32.6 Å². The van der Waals surface area contributed by atoms with Crippen LogP contribution < -0.4 is 5.73 Å². The molecule has 1 aliphatic heterocycles. The summed E-state index contributed by atoms with van der Waals surface area (Å²) in [5.41, 5.74) is 6.85. The van der Waals surface area contributed by atoms with Crippen molar-refractivity contribution in [3.63, 3.8) is 0 Å². The summed E-state index contributed by atoms with van der Waals surface area (Å²) in [6.07, 6.45) is 2.10. The molecule has 0 aromatic heterocycles. The van der Waals surface area contributed by atoms with Crippen LogP contribution in [0, 0.1) is 5.92 Å². The van der Waals surface area contributed by atoms with Crippen LogP contribution in [0.25, 0.3) is 0 Å². The lowest BCUT2D eigenvalue weighted by Gasteiger charge is -2.30. The predicted molar refractivity (Wildman–Crippen MR) is 64.7 cm³/mol. The molecule has 107 valence electrons. The average molecular weight is 271 g/mol. The Morgan fingerprint density at radius 1 is 1.21 bits per heavy atom. The van der Waals surface area contributed by atoms with Gasteiger partial charge in [0, 0.05) is 26.4 Å². The molecular weight excluding hydrogens is 252 g/mol. The highest BCUT2D eigenvalue weighted by Crippen LogP contribution is 2.22. The smallest absolute Gasteiger partial charge is 0.412 e. The third kappa shape index (κ3) is 6.08. The van der Waals surface area contributed by atoms with Crippen LogP contribution in [0.1, 0.15) is 32.6 Å². The first-order chi connectivity index (χ1) is 8.99. The first kappa shape index (κ1) is 15.3. The lowest BCUT2D eigenvalue weighted by Crippen LogP contribution is -2.39. The van der Waals surface area contributed by atoms with Crippen LogP contribution in [-0.2, 0) is 19.1 Å². The van der Waals surface area contributed by atoms with Crippen LogP contribution in [0.15, 0.2) is 0 Å². The second-order valence-corrected chi connectivity index (χ2v) is 4.56. The number of nitrogens with one attached hydrogen (secondary N) is 1. The molecule has 1 rings (SSSR count). The Bertz CT molecular complexity index is 337. The van der Waals surface area contributed by atoms with E-state index in [0.29, 0.717) is 25.4 Å². The number of nitrogens with zero attached hydrogens (tertiary/aromatic N) is 1. The summed E-state index contributed by atoms with van der Waals surface area (Å²) in [5, 5.41) is 0. The van der Waals surface area contributed by atoms with E-state index >= 15 is 0 Å². The second kappa shape index (κ2) is 7.60. The van der Waals surface area contributed by atoms with Gasteiger partial charge in [0.15, 0.2) is 0 Å². The van der Waals surface area contributed by atoms with Gasteiger partial charge >= 0.3 is 12.1 Å². The maximum Gasteiger partial charge on any atom is 0.412 e. The lowest BCUT2D eigenvalue weighted by atomic mass is 9.92. The molecule has 0 atom stereocenters. The maximum absolute atomic E-state index is 11.6. The van der Waals surface area contributed by atoms with Gasteiger partial charge in [-0.1, -0.05) is 0 Å². The van der Waals surface area contributed by atoms with Crippen molar-refractivity contribution in [1.82, 2.24) is 10.6 Å². The third-order valence-corrected chi connectivity index (χ3v) is 3.10. The minimum atomic E-state index is -0.539. The third-order valence-electron chi connectivity index (χ3n) is 3.10. The van der Waals surface area contributed by atoms with E-state index in [1.165, 1.54) is 6.92 Å². The fourth-order valence-electron chi connectivity index (χ4n) is 1.99. The molecule has 0 spiro atoms. The van der Waals surface area contributed by atoms with Crippen LogP contribution in [0.5, 0.6) is 0 Å². The number of hydrogen-bond acceptors (Lipinski definition) is 5. The molecule has 0 aromatic carbocycles. The van der Waals surface area contributed by atoms with E-state index in [4.69, 9.17) is 10.5 Å². The van der Waals surface area contributed by atoms with E-state index in [-0.39, 0.29) is 13.2 Å². The van der Waals surface area contributed by atoms with Gasteiger partial charge in [0.2, 0.25) is 12.7 Å². The zero-order valence-electron chi connectivity index (χ0n) is 11.0. The largest absolute Gasteiger partial charge is 0.428 e. The van der Waals surface area contributed by atoms with Crippen LogP contribution in [0.4, 0.5) is 4.79 Å². The van der Waals surface area contributed by atoms with E-state index in [0.717, 1.165) is 12.8 Å². The van der Waals surface area contributed by atoms with Crippen LogP contribution in [0.3, 0.4) is 0 Å². The Kier molecular flexibility index (Phi) is 6.11. The number of hydrogen-bond donors (Lipinski definition) is 0. The van der Waals surface area contributed by atoms with E-state index in [9.17, 15) is 14.4 Å². The molecule has 2 amide bonds. The Morgan fingerprint density at radius 3 is 2.37 bits per heavy atom. The highest BCUT2D eigenvalue weighted by atomic mass is 16.7. The van der Waals surface area contributed by atoms with E-state index < -0.39 is 18.0 Å². The van der Waals surface area contributed by atoms with E-state index in [1.54, 1.807) is 4.90 Å². The summed E-state index contributed by atoms with van der Waals surface area (Å²) in [5.74, 6) is -0.651. The molecule has 0 unspecified atom stereocenters. The van der Waals surface area contributed by atoms with Gasteiger partial charge in [-0.25, -0.2) is 4.79 Å². The van der Waals surface area contributed by atoms with Crippen molar-refractivity contribution >= 4 is 18.0 Å². The molecule has 1 saturated heterocycles. The first-order valence-corrected chi connectivity index (χ1v) is 6.28. The number of rotatable bonds is 5. The summed E-state index contributed by atoms with van der Waals surface area (Å²) < 4.78 is 9.31. The number of carbonyl (C=O) groups excluding carboxylic acids is 3. The van der Waals surface area contributed by atoms with Crippen molar-refractivity contribution in [3.05, 3.63) is 0 Å². The van der Waals surface area contributed by atoms with Crippen molar-refractivity contribution in [2.75, 3.05) is 19.9 Å². The van der Waals surface area contributed by atoms with Gasteiger partial charge in [-0.15, -0.1) is 0 Å². The molecule has 1 N–H and O–H groups in total. The Labute approximate surface area is 112 Å². The molecule has 19 heavy (non-hydrogen) atoms. The average Bonchev–Trinajstić information content (AvgIpc) is 2.36. The van der Waals surface area contributed by atoms with Gasteiger partial charge in [-0.2, -0.15) is 0 Å². The first-order valence-electron chi connectivity index (χ1n) is 6.28. The van der Waals surface area contributed by atoms with E-state index in [1.807, 2.05) is 0 Å². The molecule has 1 fully saturated rings. The van der Waals surface area contributed by atoms with Crippen LogP contribution in [0.2, 0.25) is 0 Å². The SMILES string of the molecule is CC(=O)OCOC(=O)N1CCC(CCC([NH])=O)CC1. The van der Waals surface area contributed by atoms with Crippen molar-refractivity contribution in [3.8, 4) is 0 Å². The topological polar surface area (TPSA) is 96.7 Å². The normalized spacial score (nSPS) is 15.9. The monoisotopic (exact) mass is 271 g/mol. The second-order valence-electron chi connectivity index (χ2n) is 4.56. The number of carbonyl (C=O) groups is 3. The molecule has 1 heterocycles. The molecule has 0 aliphatic carbocycles. The van der Waals surface area contributed by atoms with Crippen LogP contribution >= 0.6 is 0 Å². The highest BCUT2D eigenvalue weighted by molar-refractivity contribution is 5.72. The van der Waals surface area contributed by atoms with Gasteiger partial charge in [0.1, 0.15) is 0 Å². The zero-order valence-corrected chi connectivity index (χ0v) is 11.0. The van der Waals surface area contributed by atoms with Gasteiger partial charge < -0.3 is 14.4 Å².